The number of aliphatic carboxylic acids is 1. The summed E-state index contributed by atoms with van der Waals surface area (Å²) in [6.45, 7) is 0. The first kappa shape index (κ1) is 8.10. The summed E-state index contributed by atoms with van der Waals surface area (Å²) < 4.78 is 0. The number of hydrogen-bond donors (Lipinski definition) is 2. The third kappa shape index (κ3) is 3.66. The Morgan fingerprint density at radius 1 is 1.67 bits per heavy atom. The maximum atomic E-state index is 9.84. The van der Waals surface area contributed by atoms with E-state index in [0.29, 0.717) is 6.29 Å². The Bertz CT molecular complexity index is 110. The Morgan fingerprint density at radius 3 is 2.56 bits per heavy atom. The lowest BCUT2D eigenvalue weighted by atomic mass is 10.2. The van der Waals surface area contributed by atoms with Gasteiger partial charge in [-0.1, -0.05) is 0 Å². The quantitative estimate of drug-likeness (QED) is 0.501. The Hall–Kier alpha value is -0.900. The van der Waals surface area contributed by atoms with Crippen LogP contribution in [0.3, 0.4) is 0 Å². The van der Waals surface area contributed by atoms with Gasteiger partial charge in [-0.15, -0.1) is 0 Å². The van der Waals surface area contributed by atoms with Crippen molar-refractivity contribution < 1.29 is 19.8 Å². The smallest absolute Gasteiger partial charge is 0.332 e. The summed E-state index contributed by atoms with van der Waals surface area (Å²) in [7, 11) is 0. The molecule has 1 unspecified atom stereocenters. The summed E-state index contributed by atoms with van der Waals surface area (Å²) in [5.74, 6) is -1.28. The molecule has 0 aromatic heterocycles. The molecule has 0 amide bonds. The number of carboxylic acids is 1. The van der Waals surface area contributed by atoms with Gasteiger partial charge in [-0.25, -0.2) is 4.79 Å². The molecule has 0 spiro atoms. The fourth-order valence-corrected chi connectivity index (χ4v) is 0.349. The zero-order valence-corrected chi connectivity index (χ0v) is 4.78. The lowest BCUT2D eigenvalue weighted by Gasteiger charge is -1.98. The topological polar surface area (TPSA) is 74.6 Å². The van der Waals surface area contributed by atoms with Crippen molar-refractivity contribution in [3.63, 3.8) is 0 Å². The molecule has 4 nitrogen and oxygen atoms in total. The lowest BCUT2D eigenvalue weighted by Crippen LogP contribution is -2.18. The molecular formula is C5H8O4. The van der Waals surface area contributed by atoms with Gasteiger partial charge in [0.2, 0.25) is 0 Å². The van der Waals surface area contributed by atoms with Crippen LogP contribution in [0.15, 0.2) is 0 Å². The van der Waals surface area contributed by atoms with Gasteiger partial charge >= 0.3 is 5.97 Å². The van der Waals surface area contributed by atoms with Crippen molar-refractivity contribution in [3.05, 3.63) is 0 Å². The van der Waals surface area contributed by atoms with E-state index in [9.17, 15) is 9.59 Å². The van der Waals surface area contributed by atoms with Gasteiger partial charge in [0, 0.05) is 6.42 Å². The number of carbonyl (C=O) groups is 2. The van der Waals surface area contributed by atoms with E-state index in [1.165, 1.54) is 0 Å². The number of aldehydes is 1. The molecule has 0 rings (SSSR count). The first-order valence-electron chi connectivity index (χ1n) is 2.53. The first-order valence-corrected chi connectivity index (χ1v) is 2.53. The standard InChI is InChI=1S/C5H8O4/c6-3-1-2-4(7)5(8)9/h3-4,7H,1-2H2,(H,8,9). The van der Waals surface area contributed by atoms with Crippen molar-refractivity contribution in [2.75, 3.05) is 0 Å². The zero-order valence-electron chi connectivity index (χ0n) is 4.78. The number of hydrogen-bond acceptors (Lipinski definition) is 3. The van der Waals surface area contributed by atoms with E-state index >= 15 is 0 Å². The van der Waals surface area contributed by atoms with Crippen LogP contribution >= 0.6 is 0 Å². The largest absolute Gasteiger partial charge is 0.479 e. The third-order valence-electron chi connectivity index (χ3n) is 0.843. The second-order valence-corrected chi connectivity index (χ2v) is 1.60. The molecule has 0 bridgehead atoms. The number of rotatable bonds is 4. The molecule has 0 aliphatic rings. The molecule has 0 fully saturated rings. The molecule has 4 heteroatoms. The molecule has 0 aromatic rings. The highest BCUT2D eigenvalue weighted by molar-refractivity contribution is 5.72. The summed E-state index contributed by atoms with van der Waals surface area (Å²) in [5, 5.41) is 16.5. The highest BCUT2D eigenvalue weighted by Gasteiger charge is 2.10. The molecule has 0 radical (unpaired) electrons. The Labute approximate surface area is 52.1 Å². The summed E-state index contributed by atoms with van der Waals surface area (Å²) >= 11 is 0. The fourth-order valence-electron chi connectivity index (χ4n) is 0.349. The summed E-state index contributed by atoms with van der Waals surface area (Å²) in [4.78, 5) is 19.5. The minimum atomic E-state index is -1.39. The summed E-state index contributed by atoms with van der Waals surface area (Å²) in [6, 6.07) is 0. The van der Waals surface area contributed by atoms with Crippen molar-refractivity contribution in [2.45, 2.75) is 18.9 Å². The van der Waals surface area contributed by atoms with Crippen LogP contribution in [0, 0.1) is 0 Å². The van der Waals surface area contributed by atoms with E-state index in [4.69, 9.17) is 10.2 Å². The maximum absolute atomic E-state index is 9.84. The van der Waals surface area contributed by atoms with Crippen molar-refractivity contribution in [2.24, 2.45) is 0 Å². The van der Waals surface area contributed by atoms with Crippen LogP contribution in [0.25, 0.3) is 0 Å². The number of aliphatic hydroxyl groups is 1. The second kappa shape index (κ2) is 4.03. The number of aliphatic hydroxyl groups excluding tert-OH is 1. The first-order chi connectivity index (χ1) is 4.18. The molecule has 0 aromatic carbocycles. The summed E-state index contributed by atoms with van der Waals surface area (Å²) in [5.41, 5.74) is 0. The molecule has 0 heterocycles. The van der Waals surface area contributed by atoms with Crippen LogP contribution in [0.1, 0.15) is 12.8 Å². The predicted molar refractivity (Wildman–Crippen MR) is 28.9 cm³/mol. The van der Waals surface area contributed by atoms with Gasteiger partial charge in [-0.3, -0.25) is 0 Å². The normalized spacial score (nSPS) is 12.6. The van der Waals surface area contributed by atoms with Gasteiger partial charge in [0.05, 0.1) is 0 Å². The lowest BCUT2D eigenvalue weighted by molar-refractivity contribution is -0.146. The van der Waals surface area contributed by atoms with Gasteiger partial charge < -0.3 is 15.0 Å². The molecule has 0 aliphatic heterocycles. The van der Waals surface area contributed by atoms with Crippen molar-refractivity contribution in [3.8, 4) is 0 Å². The molecule has 52 valence electrons. The van der Waals surface area contributed by atoms with Crippen molar-refractivity contribution >= 4 is 12.3 Å². The van der Waals surface area contributed by atoms with Gasteiger partial charge in [0.25, 0.3) is 0 Å². The molecule has 9 heavy (non-hydrogen) atoms. The van der Waals surface area contributed by atoms with Crippen LogP contribution in [-0.2, 0) is 9.59 Å². The SMILES string of the molecule is O=CCCC(O)C(=O)O. The zero-order chi connectivity index (χ0) is 7.28. The molecule has 1 atom stereocenters. The molecule has 0 aliphatic carbocycles. The molecule has 0 saturated heterocycles. The van der Waals surface area contributed by atoms with Gasteiger partial charge in [-0.05, 0) is 6.42 Å². The van der Waals surface area contributed by atoms with Crippen molar-refractivity contribution in [1.82, 2.24) is 0 Å². The summed E-state index contributed by atoms with van der Waals surface area (Å²) in [6.07, 6.45) is -0.728. The van der Waals surface area contributed by atoms with E-state index in [1.54, 1.807) is 0 Å². The van der Waals surface area contributed by atoms with Crippen LogP contribution in [-0.4, -0.2) is 28.6 Å². The van der Waals surface area contributed by atoms with E-state index in [1.807, 2.05) is 0 Å². The second-order valence-electron chi connectivity index (χ2n) is 1.60. The monoisotopic (exact) mass is 132 g/mol. The minimum absolute atomic E-state index is 0.00116. The van der Waals surface area contributed by atoms with Crippen LogP contribution in [0.5, 0.6) is 0 Å². The van der Waals surface area contributed by atoms with Crippen molar-refractivity contribution in [1.29, 1.82) is 0 Å². The van der Waals surface area contributed by atoms with E-state index in [0.717, 1.165) is 0 Å². The predicted octanol–water partition coefficient (Wildman–Crippen LogP) is -0.589. The average molecular weight is 132 g/mol. The van der Waals surface area contributed by atoms with Gasteiger partial charge in [0.1, 0.15) is 6.29 Å². The van der Waals surface area contributed by atoms with E-state index in [-0.39, 0.29) is 12.8 Å². The molecule has 2 N–H and O–H groups in total. The number of carboxylic acid groups (broad SMARTS) is 1. The van der Waals surface area contributed by atoms with E-state index in [2.05, 4.69) is 0 Å². The average Bonchev–Trinajstić information content (AvgIpc) is 1.82. The van der Waals surface area contributed by atoms with Gasteiger partial charge in [-0.2, -0.15) is 0 Å². The maximum Gasteiger partial charge on any atom is 0.332 e. The highest BCUT2D eigenvalue weighted by atomic mass is 16.4. The molecular weight excluding hydrogens is 124 g/mol. The van der Waals surface area contributed by atoms with E-state index < -0.39 is 12.1 Å². The Balaban J connectivity index is 3.37. The van der Waals surface area contributed by atoms with Crippen LogP contribution in [0.2, 0.25) is 0 Å². The molecule has 0 saturated carbocycles. The Kier molecular flexibility index (Phi) is 3.62. The van der Waals surface area contributed by atoms with Crippen LogP contribution in [0.4, 0.5) is 0 Å². The van der Waals surface area contributed by atoms with Crippen LogP contribution < -0.4 is 0 Å². The third-order valence-corrected chi connectivity index (χ3v) is 0.843. The minimum Gasteiger partial charge on any atom is -0.479 e. The highest BCUT2D eigenvalue weighted by Crippen LogP contribution is 1.93. The van der Waals surface area contributed by atoms with Gasteiger partial charge in [0.15, 0.2) is 6.10 Å². The number of carbonyl (C=O) groups excluding carboxylic acids is 1. The Morgan fingerprint density at radius 2 is 2.22 bits per heavy atom. The fraction of sp³-hybridized carbons (Fsp3) is 0.600.